The van der Waals surface area contributed by atoms with E-state index >= 15 is 0 Å². The average molecular weight is 177 g/mol. The summed E-state index contributed by atoms with van der Waals surface area (Å²) in [6.45, 7) is 1.34. The molecule has 68 valence electrons. The van der Waals surface area contributed by atoms with Crippen LogP contribution in [0.15, 0.2) is 24.5 Å². The highest BCUT2D eigenvalue weighted by Gasteiger charge is 1.96. The van der Waals surface area contributed by atoms with Crippen molar-refractivity contribution >= 4 is 11.5 Å². The Balaban J connectivity index is 2.26. The lowest BCUT2D eigenvalue weighted by molar-refractivity contribution is 0.933. The van der Waals surface area contributed by atoms with Crippen LogP contribution >= 0.6 is 0 Å². The Morgan fingerprint density at radius 3 is 3.23 bits per heavy atom. The second-order valence-corrected chi connectivity index (χ2v) is 2.66. The molecule has 13 heavy (non-hydrogen) atoms. The summed E-state index contributed by atoms with van der Waals surface area (Å²) in [7, 11) is 0. The topological polar surface area (TPSA) is 68.2 Å². The van der Waals surface area contributed by atoms with Crippen molar-refractivity contribution < 1.29 is 0 Å². The van der Waals surface area contributed by atoms with Crippen molar-refractivity contribution in [3.8, 4) is 0 Å². The second-order valence-electron chi connectivity index (χ2n) is 2.66. The van der Waals surface area contributed by atoms with Crippen molar-refractivity contribution in [3.63, 3.8) is 0 Å². The SMILES string of the molecule is NCCNc1ccn2nccc2n1. The van der Waals surface area contributed by atoms with Crippen LogP contribution < -0.4 is 11.1 Å². The van der Waals surface area contributed by atoms with Crippen molar-refractivity contribution in [3.05, 3.63) is 24.5 Å². The molecule has 5 heteroatoms. The van der Waals surface area contributed by atoms with E-state index < -0.39 is 0 Å². The van der Waals surface area contributed by atoms with Gasteiger partial charge < -0.3 is 11.1 Å². The van der Waals surface area contributed by atoms with Gasteiger partial charge in [0.2, 0.25) is 0 Å². The number of rotatable bonds is 3. The minimum atomic E-state index is 0.603. The molecule has 0 aliphatic heterocycles. The van der Waals surface area contributed by atoms with Crippen molar-refractivity contribution in [2.45, 2.75) is 0 Å². The number of aromatic nitrogens is 3. The Morgan fingerprint density at radius 2 is 2.38 bits per heavy atom. The van der Waals surface area contributed by atoms with Gasteiger partial charge in [-0.05, 0) is 6.07 Å². The fourth-order valence-electron chi connectivity index (χ4n) is 1.11. The largest absolute Gasteiger partial charge is 0.369 e. The Hall–Kier alpha value is -1.62. The molecule has 2 aromatic heterocycles. The zero-order valence-corrected chi connectivity index (χ0v) is 7.14. The zero-order chi connectivity index (χ0) is 9.10. The van der Waals surface area contributed by atoms with E-state index in [9.17, 15) is 0 Å². The maximum Gasteiger partial charge on any atom is 0.157 e. The summed E-state index contributed by atoms with van der Waals surface area (Å²) in [6, 6.07) is 3.73. The molecule has 0 bridgehead atoms. The van der Waals surface area contributed by atoms with Gasteiger partial charge in [0.05, 0.1) is 6.20 Å². The first-order valence-corrected chi connectivity index (χ1v) is 4.14. The van der Waals surface area contributed by atoms with Crippen molar-refractivity contribution in [2.75, 3.05) is 18.4 Å². The van der Waals surface area contributed by atoms with Crippen LogP contribution in [0.5, 0.6) is 0 Å². The Kier molecular flexibility index (Phi) is 2.09. The summed E-state index contributed by atoms with van der Waals surface area (Å²) in [4.78, 5) is 4.31. The fraction of sp³-hybridized carbons (Fsp3) is 0.250. The normalized spacial score (nSPS) is 10.5. The Morgan fingerprint density at radius 1 is 1.46 bits per heavy atom. The number of nitrogens with zero attached hydrogens (tertiary/aromatic N) is 3. The smallest absolute Gasteiger partial charge is 0.157 e. The molecule has 0 aliphatic carbocycles. The van der Waals surface area contributed by atoms with Crippen LogP contribution in [0, 0.1) is 0 Å². The molecule has 2 heterocycles. The molecule has 0 aliphatic rings. The first-order chi connectivity index (χ1) is 6.40. The van der Waals surface area contributed by atoms with E-state index in [4.69, 9.17) is 5.73 Å². The Labute approximate surface area is 75.6 Å². The van der Waals surface area contributed by atoms with Gasteiger partial charge in [0.15, 0.2) is 5.65 Å². The number of nitrogens with one attached hydrogen (secondary N) is 1. The van der Waals surface area contributed by atoms with Gasteiger partial charge >= 0.3 is 0 Å². The van der Waals surface area contributed by atoms with Gasteiger partial charge in [-0.2, -0.15) is 5.10 Å². The lowest BCUT2D eigenvalue weighted by atomic mass is 10.5. The quantitative estimate of drug-likeness (QED) is 0.697. The summed E-state index contributed by atoms with van der Waals surface area (Å²) in [5.74, 6) is 0.832. The van der Waals surface area contributed by atoms with Crippen LogP contribution in [0.2, 0.25) is 0 Å². The van der Waals surface area contributed by atoms with Crippen LogP contribution in [0.3, 0.4) is 0 Å². The van der Waals surface area contributed by atoms with Crippen LogP contribution in [-0.4, -0.2) is 27.7 Å². The number of nitrogens with two attached hydrogens (primary N) is 1. The van der Waals surface area contributed by atoms with E-state index in [0.29, 0.717) is 6.54 Å². The first kappa shape index (κ1) is 8.00. The second kappa shape index (κ2) is 3.40. The van der Waals surface area contributed by atoms with Gasteiger partial charge in [0.25, 0.3) is 0 Å². The monoisotopic (exact) mass is 177 g/mol. The summed E-state index contributed by atoms with van der Waals surface area (Å²) in [6.07, 6.45) is 3.58. The summed E-state index contributed by atoms with van der Waals surface area (Å²) < 4.78 is 1.72. The van der Waals surface area contributed by atoms with E-state index in [1.165, 1.54) is 0 Å². The first-order valence-electron chi connectivity index (χ1n) is 4.14. The molecule has 0 spiro atoms. The minimum absolute atomic E-state index is 0.603. The summed E-state index contributed by atoms with van der Waals surface area (Å²) >= 11 is 0. The maximum absolute atomic E-state index is 5.36. The molecule has 0 atom stereocenters. The molecular weight excluding hydrogens is 166 g/mol. The number of hydrogen-bond acceptors (Lipinski definition) is 4. The van der Waals surface area contributed by atoms with Crippen molar-refractivity contribution in [2.24, 2.45) is 5.73 Å². The van der Waals surface area contributed by atoms with E-state index in [1.807, 2.05) is 18.3 Å². The number of hydrogen-bond donors (Lipinski definition) is 2. The summed E-state index contributed by atoms with van der Waals surface area (Å²) in [5, 5.41) is 7.14. The zero-order valence-electron chi connectivity index (χ0n) is 7.14. The molecule has 5 nitrogen and oxygen atoms in total. The third-order valence-corrected chi connectivity index (χ3v) is 1.71. The molecule has 2 aromatic rings. The predicted octanol–water partition coefficient (Wildman–Crippen LogP) is 0.0999. The molecule has 2 rings (SSSR count). The molecule has 0 fully saturated rings. The summed E-state index contributed by atoms with van der Waals surface area (Å²) in [5.41, 5.74) is 6.20. The molecule has 0 saturated carbocycles. The van der Waals surface area contributed by atoms with Crippen LogP contribution in [0.4, 0.5) is 5.82 Å². The lowest BCUT2D eigenvalue weighted by Crippen LogP contribution is -2.14. The third kappa shape index (κ3) is 1.59. The van der Waals surface area contributed by atoms with E-state index in [2.05, 4.69) is 15.4 Å². The van der Waals surface area contributed by atoms with E-state index in [-0.39, 0.29) is 0 Å². The average Bonchev–Trinajstić information content (AvgIpc) is 2.61. The van der Waals surface area contributed by atoms with Crippen LogP contribution in [0.1, 0.15) is 0 Å². The molecule has 3 N–H and O–H groups in total. The number of fused-ring (bicyclic) bond motifs is 1. The molecule has 0 radical (unpaired) electrons. The minimum Gasteiger partial charge on any atom is -0.369 e. The van der Waals surface area contributed by atoms with E-state index in [1.54, 1.807) is 10.7 Å². The molecule has 0 aromatic carbocycles. The highest BCUT2D eigenvalue weighted by molar-refractivity contribution is 5.45. The highest BCUT2D eigenvalue weighted by Crippen LogP contribution is 2.04. The molecule has 0 unspecified atom stereocenters. The maximum atomic E-state index is 5.36. The van der Waals surface area contributed by atoms with E-state index in [0.717, 1.165) is 18.0 Å². The predicted molar refractivity (Wildman–Crippen MR) is 50.5 cm³/mol. The molecule has 0 saturated heterocycles. The Bertz CT molecular complexity index is 394. The van der Waals surface area contributed by atoms with Gasteiger partial charge in [-0.3, -0.25) is 0 Å². The third-order valence-electron chi connectivity index (χ3n) is 1.71. The van der Waals surface area contributed by atoms with Crippen molar-refractivity contribution in [1.82, 2.24) is 14.6 Å². The van der Waals surface area contributed by atoms with Gasteiger partial charge in [-0.15, -0.1) is 0 Å². The van der Waals surface area contributed by atoms with Crippen LogP contribution in [0.25, 0.3) is 5.65 Å². The fourth-order valence-corrected chi connectivity index (χ4v) is 1.11. The lowest BCUT2D eigenvalue weighted by Gasteiger charge is -2.02. The van der Waals surface area contributed by atoms with Gasteiger partial charge in [-0.1, -0.05) is 0 Å². The van der Waals surface area contributed by atoms with Gasteiger partial charge in [-0.25, -0.2) is 9.50 Å². The molecule has 0 amide bonds. The van der Waals surface area contributed by atoms with Crippen LogP contribution in [-0.2, 0) is 0 Å². The standard InChI is InChI=1S/C8H11N5/c9-3-5-10-7-2-6-13-8(12-7)1-4-11-13/h1-2,4,6H,3,5,9H2,(H,10,12). The highest BCUT2D eigenvalue weighted by atomic mass is 15.2. The molecular formula is C8H11N5. The van der Waals surface area contributed by atoms with Crippen molar-refractivity contribution in [1.29, 1.82) is 0 Å². The number of anilines is 1. The van der Waals surface area contributed by atoms with Gasteiger partial charge in [0, 0.05) is 25.4 Å². The van der Waals surface area contributed by atoms with Gasteiger partial charge in [0.1, 0.15) is 5.82 Å².